The number of ether oxygens (including phenoxy) is 2. The van der Waals surface area contributed by atoms with Crippen molar-refractivity contribution in [1.29, 1.82) is 0 Å². The molecule has 2 N–H and O–H groups in total. The number of fused-ring (bicyclic) bond motifs is 1. The Morgan fingerprint density at radius 2 is 1.89 bits per heavy atom. The Morgan fingerprint density at radius 1 is 1.15 bits per heavy atom. The number of hydrogen-bond donors (Lipinski definition) is 2. The molecule has 1 aromatic carbocycles. The summed E-state index contributed by atoms with van der Waals surface area (Å²) >= 11 is 0. The van der Waals surface area contributed by atoms with Gasteiger partial charge in [0.05, 0.1) is 30.4 Å². The smallest absolute Gasteiger partial charge is 0.267 e. The molecule has 4 rings (SSSR count). The number of carbonyl (C=O) groups excluding carboxylic acids is 1. The highest BCUT2D eigenvalue weighted by molar-refractivity contribution is 7.92. The molecule has 1 aliphatic rings. The number of aromatic nitrogens is 2. The molecule has 4 atom stereocenters. The quantitative estimate of drug-likeness (QED) is 0.339. The lowest BCUT2D eigenvalue weighted by atomic mass is 10.0. The minimum absolute atomic E-state index is 0.0481. The molecule has 13 heteroatoms. The molecular weight excluding hydrogens is 610 g/mol. The van der Waals surface area contributed by atoms with Crippen LogP contribution in [0.4, 0.5) is 5.69 Å². The number of benzene rings is 1. The van der Waals surface area contributed by atoms with E-state index in [9.17, 15) is 18.3 Å². The van der Waals surface area contributed by atoms with E-state index < -0.39 is 16.1 Å². The van der Waals surface area contributed by atoms with Crippen LogP contribution in [0.3, 0.4) is 0 Å². The summed E-state index contributed by atoms with van der Waals surface area (Å²) in [4.78, 5) is 22.2. The summed E-state index contributed by atoms with van der Waals surface area (Å²) in [6.45, 7) is 10.9. The Balaban J connectivity index is 1.66. The fourth-order valence-electron chi connectivity index (χ4n) is 5.68. The number of nitrogens with zero attached hydrogens (tertiary/aromatic N) is 4. The van der Waals surface area contributed by atoms with E-state index in [2.05, 4.69) is 26.7 Å². The van der Waals surface area contributed by atoms with Crippen molar-refractivity contribution in [3.63, 3.8) is 0 Å². The average Bonchev–Trinajstić information content (AvgIpc) is 3.37. The van der Waals surface area contributed by atoms with Crippen molar-refractivity contribution in [1.82, 2.24) is 19.9 Å². The minimum atomic E-state index is -4.06. The number of aliphatic hydroxyl groups is 1. The fraction of sp³-hybridized carbons (Fsp3) is 0.545. The monoisotopic (exact) mass is 657 g/mol. The topological polar surface area (TPSA) is 147 Å². The first-order chi connectivity index (χ1) is 21.9. The third kappa shape index (κ3) is 9.05. The van der Waals surface area contributed by atoms with Gasteiger partial charge in [0, 0.05) is 50.2 Å². The van der Waals surface area contributed by atoms with Crippen LogP contribution in [0.5, 0.6) is 5.75 Å². The zero-order valence-electron chi connectivity index (χ0n) is 27.6. The van der Waals surface area contributed by atoms with E-state index in [4.69, 9.17) is 14.0 Å². The van der Waals surface area contributed by atoms with E-state index in [1.807, 2.05) is 26.1 Å². The molecular formula is C33H47N5O7S. The molecule has 3 aromatic rings. The van der Waals surface area contributed by atoms with Crippen molar-refractivity contribution in [3.05, 3.63) is 65.3 Å². The molecule has 0 fully saturated rings. The molecule has 1 aliphatic heterocycles. The number of aryl methyl sites for hydroxylation is 2. The van der Waals surface area contributed by atoms with Gasteiger partial charge in [-0.25, -0.2) is 8.42 Å². The number of anilines is 1. The molecule has 252 valence electrons. The van der Waals surface area contributed by atoms with Crippen molar-refractivity contribution < 1.29 is 32.3 Å². The SMILES string of the molecule is Cc1noc(C)c1S(=O)(=O)Nc1ccc2c(c1)C(=O)N([C@H](C)CO)C[C@@H](C)[C@H](CN(C)Cc1ccncc1)OCCCC[C@@H](C)O2. The predicted molar refractivity (Wildman–Crippen MR) is 174 cm³/mol. The molecule has 1 amide bonds. The third-order valence-corrected chi connectivity index (χ3v) is 9.86. The zero-order chi connectivity index (χ0) is 33.4. The van der Waals surface area contributed by atoms with Gasteiger partial charge in [-0.2, -0.15) is 0 Å². The van der Waals surface area contributed by atoms with Gasteiger partial charge in [0.1, 0.15) is 11.4 Å². The Labute approximate surface area is 272 Å². The lowest BCUT2D eigenvalue weighted by Gasteiger charge is -2.36. The van der Waals surface area contributed by atoms with Crippen molar-refractivity contribution in [3.8, 4) is 5.75 Å². The summed E-state index contributed by atoms with van der Waals surface area (Å²) in [6, 6.07) is 8.13. The Bertz CT molecular complexity index is 1530. The lowest BCUT2D eigenvalue weighted by Crippen LogP contribution is -2.47. The standard InChI is InChI=1S/C33H47N5O7S/c1-22-18-38(23(2)21-39)33(40)29-17-28(36-46(41,42)32-25(4)35-45-26(32)5)10-11-30(29)44-24(3)9-7-8-16-43-31(22)20-37(6)19-27-12-14-34-15-13-27/h10-15,17,22-24,31,36,39H,7-9,16,18-21H2,1-6H3/t22-,23-,24-,31+/m1/s1. The van der Waals surface area contributed by atoms with E-state index >= 15 is 0 Å². The highest BCUT2D eigenvalue weighted by atomic mass is 32.2. The second-order valence-corrected chi connectivity index (χ2v) is 13.9. The van der Waals surface area contributed by atoms with Gasteiger partial charge in [-0.05, 0) is 89.9 Å². The number of amides is 1. The van der Waals surface area contributed by atoms with Crippen molar-refractivity contribution >= 4 is 21.6 Å². The van der Waals surface area contributed by atoms with E-state index in [0.717, 1.165) is 31.4 Å². The van der Waals surface area contributed by atoms with E-state index in [-0.39, 0.29) is 58.2 Å². The molecule has 0 aliphatic carbocycles. The van der Waals surface area contributed by atoms with Crippen LogP contribution in [0, 0.1) is 19.8 Å². The normalized spacial score (nSPS) is 20.9. The summed E-state index contributed by atoms with van der Waals surface area (Å²) in [5, 5.41) is 14.0. The van der Waals surface area contributed by atoms with Gasteiger partial charge in [-0.1, -0.05) is 12.1 Å². The van der Waals surface area contributed by atoms with E-state index in [1.165, 1.54) is 13.0 Å². The number of carbonyl (C=O) groups is 1. The second kappa shape index (κ2) is 15.9. The number of likely N-dealkylation sites (N-methyl/N-ethyl adjacent to an activating group) is 1. The Hall–Kier alpha value is -3.52. The molecule has 0 bridgehead atoms. The van der Waals surface area contributed by atoms with Crippen LogP contribution in [0.2, 0.25) is 0 Å². The summed E-state index contributed by atoms with van der Waals surface area (Å²) in [6.07, 6.45) is 5.65. The van der Waals surface area contributed by atoms with E-state index in [1.54, 1.807) is 43.3 Å². The molecule has 0 saturated carbocycles. The highest BCUT2D eigenvalue weighted by Crippen LogP contribution is 2.30. The number of rotatable bonds is 9. The van der Waals surface area contributed by atoms with Gasteiger partial charge in [0.2, 0.25) is 0 Å². The molecule has 46 heavy (non-hydrogen) atoms. The largest absolute Gasteiger partial charge is 0.490 e. The summed E-state index contributed by atoms with van der Waals surface area (Å²) in [5.41, 5.74) is 1.76. The zero-order valence-corrected chi connectivity index (χ0v) is 28.4. The van der Waals surface area contributed by atoms with Crippen molar-refractivity contribution in [2.24, 2.45) is 5.92 Å². The van der Waals surface area contributed by atoms with Gasteiger partial charge in [-0.15, -0.1) is 0 Å². The summed E-state index contributed by atoms with van der Waals surface area (Å²) in [5.74, 6) is 0.0411. The molecule has 0 unspecified atom stereocenters. The van der Waals surface area contributed by atoms with Crippen LogP contribution in [-0.2, 0) is 21.3 Å². The molecule has 12 nitrogen and oxygen atoms in total. The first kappa shape index (κ1) is 35.3. The fourth-order valence-corrected chi connectivity index (χ4v) is 7.07. The van der Waals surface area contributed by atoms with Gasteiger partial charge >= 0.3 is 0 Å². The Kier molecular flexibility index (Phi) is 12.2. The van der Waals surface area contributed by atoms with Crippen LogP contribution < -0.4 is 9.46 Å². The van der Waals surface area contributed by atoms with Gasteiger partial charge in [0.15, 0.2) is 10.7 Å². The molecule has 3 heterocycles. The van der Waals surface area contributed by atoms with Crippen LogP contribution in [-0.4, -0.2) is 91.0 Å². The maximum Gasteiger partial charge on any atom is 0.267 e. The van der Waals surface area contributed by atoms with Gasteiger partial charge in [0.25, 0.3) is 15.9 Å². The van der Waals surface area contributed by atoms with Gasteiger partial charge < -0.3 is 24.0 Å². The van der Waals surface area contributed by atoms with Crippen LogP contribution in [0.1, 0.15) is 67.4 Å². The average molecular weight is 658 g/mol. The summed E-state index contributed by atoms with van der Waals surface area (Å²) < 4.78 is 46.9. The van der Waals surface area contributed by atoms with Gasteiger partial charge in [-0.3, -0.25) is 19.4 Å². The highest BCUT2D eigenvalue weighted by Gasteiger charge is 2.31. The molecule has 0 spiro atoms. The molecule has 2 aromatic heterocycles. The van der Waals surface area contributed by atoms with Crippen LogP contribution in [0.15, 0.2) is 52.1 Å². The Morgan fingerprint density at radius 3 is 2.57 bits per heavy atom. The van der Waals surface area contributed by atoms with Crippen LogP contribution in [0.25, 0.3) is 0 Å². The lowest BCUT2D eigenvalue weighted by molar-refractivity contribution is -0.0177. The number of hydrogen-bond acceptors (Lipinski definition) is 10. The maximum atomic E-state index is 14.4. The summed E-state index contributed by atoms with van der Waals surface area (Å²) in [7, 11) is -2.01. The maximum absolute atomic E-state index is 14.4. The molecule has 0 saturated heterocycles. The van der Waals surface area contributed by atoms with Crippen molar-refractivity contribution in [2.45, 2.75) is 83.6 Å². The second-order valence-electron chi connectivity index (χ2n) is 12.3. The third-order valence-electron chi connectivity index (χ3n) is 8.23. The minimum Gasteiger partial charge on any atom is -0.490 e. The predicted octanol–water partition coefficient (Wildman–Crippen LogP) is 4.41. The molecule has 0 radical (unpaired) electrons. The number of aliphatic hydroxyl groups excluding tert-OH is 1. The number of nitrogens with one attached hydrogen (secondary N) is 1. The van der Waals surface area contributed by atoms with E-state index in [0.29, 0.717) is 25.4 Å². The number of pyridine rings is 1. The first-order valence-corrected chi connectivity index (χ1v) is 17.2. The van der Waals surface area contributed by atoms with Crippen LogP contribution >= 0.6 is 0 Å². The van der Waals surface area contributed by atoms with Crippen molar-refractivity contribution in [2.75, 3.05) is 38.1 Å². The first-order valence-electron chi connectivity index (χ1n) is 15.8. The number of sulfonamides is 1.